The number of sulfonamides is 1. The van der Waals surface area contributed by atoms with E-state index in [-0.39, 0.29) is 10.7 Å². The minimum Gasteiger partial charge on any atom is -0.496 e. The van der Waals surface area contributed by atoms with Crippen LogP contribution in [0.25, 0.3) is 0 Å². The second kappa shape index (κ2) is 6.18. The molecule has 1 saturated carbocycles. The van der Waals surface area contributed by atoms with Gasteiger partial charge in [-0.15, -0.1) is 0 Å². The molecule has 5 nitrogen and oxygen atoms in total. The number of rotatable bonds is 6. The molecule has 1 N–H and O–H groups in total. The van der Waals surface area contributed by atoms with Gasteiger partial charge in [-0.1, -0.05) is 18.2 Å². The molecule has 3 rings (SSSR count). The Hall–Kier alpha value is -1.11. The van der Waals surface area contributed by atoms with Crippen LogP contribution in [0.15, 0.2) is 24.3 Å². The highest BCUT2D eigenvalue weighted by atomic mass is 32.2. The number of hydrogen-bond acceptors (Lipinski definition) is 4. The molecule has 0 bridgehead atoms. The van der Waals surface area contributed by atoms with Crippen molar-refractivity contribution >= 4 is 10.0 Å². The van der Waals surface area contributed by atoms with Crippen LogP contribution in [0, 0.1) is 0 Å². The maximum Gasteiger partial charge on any atom is 0.214 e. The van der Waals surface area contributed by atoms with Crippen molar-refractivity contribution in [2.75, 3.05) is 26.9 Å². The van der Waals surface area contributed by atoms with Crippen LogP contribution < -0.4 is 9.46 Å². The SMILES string of the molecule is COc1ccccc1C1(CNS(=O)(=O)C2CC2)CCOCC1. The lowest BCUT2D eigenvalue weighted by molar-refractivity contribution is 0.0509. The van der Waals surface area contributed by atoms with Crippen molar-refractivity contribution in [2.45, 2.75) is 36.3 Å². The molecule has 0 spiro atoms. The molecule has 22 heavy (non-hydrogen) atoms. The second-order valence-electron chi connectivity index (χ2n) is 6.16. The molecule has 122 valence electrons. The van der Waals surface area contributed by atoms with Gasteiger partial charge < -0.3 is 9.47 Å². The molecule has 0 amide bonds. The molecule has 0 atom stereocenters. The Balaban J connectivity index is 1.87. The zero-order chi connectivity index (χ0) is 15.6. The van der Waals surface area contributed by atoms with Crippen LogP contribution in [0.4, 0.5) is 0 Å². The summed E-state index contributed by atoms with van der Waals surface area (Å²) in [6, 6.07) is 7.88. The van der Waals surface area contributed by atoms with Gasteiger partial charge in [-0.05, 0) is 31.7 Å². The first-order valence-corrected chi connectivity index (χ1v) is 9.32. The molecular formula is C16H23NO4S. The molecule has 1 saturated heterocycles. The lowest BCUT2D eigenvalue weighted by Gasteiger charge is -2.38. The summed E-state index contributed by atoms with van der Waals surface area (Å²) in [7, 11) is -1.53. The van der Waals surface area contributed by atoms with E-state index in [0.717, 1.165) is 37.0 Å². The lowest BCUT2D eigenvalue weighted by Crippen LogP contribution is -2.45. The van der Waals surface area contributed by atoms with Crippen molar-refractivity contribution in [1.29, 1.82) is 0 Å². The van der Waals surface area contributed by atoms with E-state index < -0.39 is 10.0 Å². The zero-order valence-electron chi connectivity index (χ0n) is 12.9. The molecule has 2 aliphatic rings. The molecular weight excluding hydrogens is 302 g/mol. The maximum atomic E-state index is 12.2. The molecule has 0 radical (unpaired) electrons. The molecule has 1 aromatic rings. The van der Waals surface area contributed by atoms with E-state index >= 15 is 0 Å². The molecule has 1 aliphatic carbocycles. The Morgan fingerprint density at radius 3 is 2.59 bits per heavy atom. The van der Waals surface area contributed by atoms with E-state index in [0.29, 0.717) is 19.8 Å². The van der Waals surface area contributed by atoms with Crippen molar-refractivity contribution in [2.24, 2.45) is 0 Å². The van der Waals surface area contributed by atoms with E-state index in [2.05, 4.69) is 4.72 Å². The van der Waals surface area contributed by atoms with Crippen LogP contribution in [-0.2, 0) is 20.2 Å². The Morgan fingerprint density at radius 2 is 1.95 bits per heavy atom. The Morgan fingerprint density at radius 1 is 1.27 bits per heavy atom. The van der Waals surface area contributed by atoms with Crippen LogP contribution >= 0.6 is 0 Å². The van der Waals surface area contributed by atoms with Crippen molar-refractivity contribution in [3.05, 3.63) is 29.8 Å². The van der Waals surface area contributed by atoms with Crippen LogP contribution in [0.3, 0.4) is 0 Å². The molecule has 1 aromatic carbocycles. The fourth-order valence-electron chi connectivity index (χ4n) is 3.12. The number of para-hydroxylation sites is 1. The Bertz CT molecular complexity index is 619. The third-order valence-corrected chi connectivity index (χ3v) is 6.60. The minimum atomic E-state index is -3.18. The van der Waals surface area contributed by atoms with Crippen LogP contribution in [0.5, 0.6) is 5.75 Å². The van der Waals surface area contributed by atoms with E-state index in [1.807, 2.05) is 24.3 Å². The quantitative estimate of drug-likeness (QED) is 0.866. The van der Waals surface area contributed by atoms with E-state index in [1.54, 1.807) is 7.11 Å². The fraction of sp³-hybridized carbons (Fsp3) is 0.625. The van der Waals surface area contributed by atoms with Gasteiger partial charge >= 0.3 is 0 Å². The number of benzene rings is 1. The first-order chi connectivity index (χ1) is 10.6. The maximum absolute atomic E-state index is 12.2. The summed E-state index contributed by atoms with van der Waals surface area (Å²) >= 11 is 0. The van der Waals surface area contributed by atoms with Crippen molar-refractivity contribution in [3.8, 4) is 5.75 Å². The van der Waals surface area contributed by atoms with E-state index in [1.165, 1.54) is 0 Å². The number of nitrogens with one attached hydrogen (secondary N) is 1. The monoisotopic (exact) mass is 325 g/mol. The first kappa shape index (κ1) is 15.8. The molecule has 0 aromatic heterocycles. The van der Waals surface area contributed by atoms with Gasteiger partial charge in [0.25, 0.3) is 0 Å². The third kappa shape index (κ3) is 3.14. The molecule has 2 fully saturated rings. The summed E-state index contributed by atoms with van der Waals surface area (Å²) in [4.78, 5) is 0. The largest absolute Gasteiger partial charge is 0.496 e. The fourth-order valence-corrected chi connectivity index (χ4v) is 4.59. The summed E-state index contributed by atoms with van der Waals surface area (Å²) in [6.07, 6.45) is 3.14. The predicted molar refractivity (Wildman–Crippen MR) is 84.7 cm³/mol. The summed E-state index contributed by atoms with van der Waals surface area (Å²) in [6.45, 7) is 1.70. The second-order valence-corrected chi connectivity index (χ2v) is 8.20. The summed E-state index contributed by atoms with van der Waals surface area (Å²) < 4.78 is 38.2. The van der Waals surface area contributed by atoms with Crippen LogP contribution in [0.1, 0.15) is 31.2 Å². The third-order valence-electron chi connectivity index (χ3n) is 4.70. The van der Waals surface area contributed by atoms with Gasteiger partial charge in [0.2, 0.25) is 10.0 Å². The number of hydrogen-bond donors (Lipinski definition) is 1. The van der Waals surface area contributed by atoms with Crippen molar-refractivity contribution in [3.63, 3.8) is 0 Å². The molecule has 6 heteroatoms. The van der Waals surface area contributed by atoms with Gasteiger partial charge in [0.1, 0.15) is 5.75 Å². The van der Waals surface area contributed by atoms with E-state index in [4.69, 9.17) is 9.47 Å². The first-order valence-electron chi connectivity index (χ1n) is 7.77. The summed E-state index contributed by atoms with van der Waals surface area (Å²) in [5, 5.41) is -0.193. The number of methoxy groups -OCH3 is 1. The van der Waals surface area contributed by atoms with Gasteiger partial charge in [0.05, 0.1) is 12.4 Å². The molecule has 0 unspecified atom stereocenters. The smallest absolute Gasteiger partial charge is 0.214 e. The topological polar surface area (TPSA) is 64.6 Å². The zero-order valence-corrected chi connectivity index (χ0v) is 13.7. The normalized spacial score (nSPS) is 21.5. The Kier molecular flexibility index (Phi) is 4.43. The van der Waals surface area contributed by atoms with Crippen LogP contribution in [0.2, 0.25) is 0 Å². The van der Waals surface area contributed by atoms with Crippen molar-refractivity contribution in [1.82, 2.24) is 4.72 Å². The number of ether oxygens (including phenoxy) is 2. The van der Waals surface area contributed by atoms with Gasteiger partial charge in [-0.25, -0.2) is 13.1 Å². The molecule has 1 heterocycles. The van der Waals surface area contributed by atoms with Gasteiger partial charge in [-0.3, -0.25) is 0 Å². The summed E-state index contributed by atoms with van der Waals surface area (Å²) in [5.74, 6) is 0.815. The average Bonchev–Trinajstić information content (AvgIpc) is 3.39. The minimum absolute atomic E-state index is 0.193. The van der Waals surface area contributed by atoms with Gasteiger partial charge in [0.15, 0.2) is 0 Å². The average molecular weight is 325 g/mol. The lowest BCUT2D eigenvalue weighted by atomic mass is 9.74. The highest BCUT2D eigenvalue weighted by Crippen LogP contribution is 2.40. The molecule has 1 aliphatic heterocycles. The van der Waals surface area contributed by atoms with Crippen LogP contribution in [-0.4, -0.2) is 40.5 Å². The van der Waals surface area contributed by atoms with Gasteiger partial charge in [-0.2, -0.15) is 0 Å². The summed E-state index contributed by atoms with van der Waals surface area (Å²) in [5.41, 5.74) is 0.812. The highest BCUT2D eigenvalue weighted by Gasteiger charge is 2.41. The standard InChI is InChI=1S/C16H23NO4S/c1-20-15-5-3-2-4-14(15)16(8-10-21-11-9-16)12-17-22(18,19)13-6-7-13/h2-5,13,17H,6-12H2,1H3. The Labute approximate surface area is 132 Å². The van der Waals surface area contributed by atoms with Crippen molar-refractivity contribution < 1.29 is 17.9 Å². The van der Waals surface area contributed by atoms with Gasteiger partial charge in [0, 0.05) is 30.7 Å². The predicted octanol–water partition coefficient (Wildman–Crippen LogP) is 1.83. The highest BCUT2D eigenvalue weighted by molar-refractivity contribution is 7.90. The van der Waals surface area contributed by atoms with E-state index in [9.17, 15) is 8.42 Å².